The number of furan rings is 1. The van der Waals surface area contributed by atoms with Crippen LogP contribution in [-0.4, -0.2) is 52.0 Å². The summed E-state index contributed by atoms with van der Waals surface area (Å²) in [6.07, 6.45) is 1.22. The van der Waals surface area contributed by atoms with Crippen LogP contribution in [0, 0.1) is 5.82 Å². The molecule has 0 saturated heterocycles. The van der Waals surface area contributed by atoms with Crippen molar-refractivity contribution in [2.24, 2.45) is 0 Å². The number of fused-ring (bicyclic) bond motifs is 3. The summed E-state index contributed by atoms with van der Waals surface area (Å²) in [7, 11) is -2.24. The first kappa shape index (κ1) is 22.1. The molecule has 1 amide bonds. The van der Waals surface area contributed by atoms with Gasteiger partial charge in [0.2, 0.25) is 10.0 Å². The predicted molar refractivity (Wildman–Crippen MR) is 118 cm³/mol. The Kier molecular flexibility index (Phi) is 5.59. The highest BCUT2D eigenvalue weighted by Gasteiger charge is 2.34. The Labute approximate surface area is 184 Å². The lowest BCUT2D eigenvalue weighted by Gasteiger charge is -2.23. The Morgan fingerprint density at radius 3 is 2.59 bits per heavy atom. The molecule has 4 rings (SSSR count). The Balaban J connectivity index is 2.07. The molecular weight excluding hydrogens is 439 g/mol. The third-order valence-electron chi connectivity index (χ3n) is 5.36. The molecule has 2 aromatic carbocycles. The molecule has 170 valence electrons. The zero-order valence-electron chi connectivity index (χ0n) is 17.8. The number of benzene rings is 2. The number of rotatable bonds is 6. The van der Waals surface area contributed by atoms with Crippen LogP contribution in [0.2, 0.25) is 0 Å². The molecular formula is C22H23FN2O6S. The second kappa shape index (κ2) is 8.10. The zero-order valence-corrected chi connectivity index (χ0v) is 18.6. The van der Waals surface area contributed by atoms with E-state index in [1.165, 1.54) is 37.4 Å². The lowest BCUT2D eigenvalue weighted by atomic mass is 9.98. The maximum absolute atomic E-state index is 13.5. The molecule has 2 heterocycles. The number of aliphatic hydroxyl groups is 1. The number of aliphatic hydroxyl groups excluding tert-OH is 1. The van der Waals surface area contributed by atoms with Crippen molar-refractivity contribution in [1.29, 1.82) is 0 Å². The maximum atomic E-state index is 13.5. The second-order valence-corrected chi connectivity index (χ2v) is 9.57. The van der Waals surface area contributed by atoms with E-state index >= 15 is 0 Å². The molecule has 1 atom stereocenters. The average molecular weight is 462 g/mol. The van der Waals surface area contributed by atoms with Crippen LogP contribution in [0.25, 0.3) is 22.3 Å². The standard InChI is InChI=1S/C22H23FN2O6S/c1-12-10-15-18-17(11-16(21(15)30-12)25(8-9-26)32(3,28)29)31-20(19(18)22(27)24-2)13-4-6-14(23)7-5-13/h4-7,11-12,26H,8-10H2,1-3H3,(H,24,27). The molecule has 0 radical (unpaired) electrons. The fraction of sp³-hybridized carbons (Fsp3) is 0.318. The highest BCUT2D eigenvalue weighted by Crippen LogP contribution is 2.47. The number of amides is 1. The van der Waals surface area contributed by atoms with Crippen molar-refractivity contribution < 1.29 is 31.9 Å². The molecule has 1 unspecified atom stereocenters. The number of carbonyl (C=O) groups is 1. The zero-order chi connectivity index (χ0) is 23.2. The highest BCUT2D eigenvalue weighted by atomic mass is 32.2. The number of hydrogen-bond donors (Lipinski definition) is 2. The van der Waals surface area contributed by atoms with E-state index in [-0.39, 0.29) is 29.7 Å². The topological polar surface area (TPSA) is 109 Å². The summed E-state index contributed by atoms with van der Waals surface area (Å²) in [6.45, 7) is 1.28. The van der Waals surface area contributed by atoms with Crippen LogP contribution >= 0.6 is 0 Å². The van der Waals surface area contributed by atoms with Crippen molar-refractivity contribution in [3.63, 3.8) is 0 Å². The number of nitrogens with zero attached hydrogens (tertiary/aromatic N) is 1. The third kappa shape index (κ3) is 3.69. The summed E-state index contributed by atoms with van der Waals surface area (Å²) in [5.41, 5.74) is 1.94. The normalized spacial score (nSPS) is 15.5. The van der Waals surface area contributed by atoms with Crippen LogP contribution in [0.5, 0.6) is 5.75 Å². The Morgan fingerprint density at radius 2 is 2.00 bits per heavy atom. The Bertz CT molecular complexity index is 1300. The molecule has 1 aromatic heterocycles. The first-order chi connectivity index (χ1) is 15.2. The molecule has 0 fully saturated rings. The van der Waals surface area contributed by atoms with Gasteiger partial charge in [0.05, 0.1) is 30.7 Å². The van der Waals surface area contributed by atoms with E-state index in [2.05, 4.69) is 5.32 Å². The molecule has 0 spiro atoms. The minimum atomic E-state index is -3.74. The van der Waals surface area contributed by atoms with Crippen LogP contribution in [0.3, 0.4) is 0 Å². The van der Waals surface area contributed by atoms with E-state index in [0.29, 0.717) is 34.3 Å². The summed E-state index contributed by atoms with van der Waals surface area (Å²) < 4.78 is 51.5. The number of anilines is 1. The third-order valence-corrected chi connectivity index (χ3v) is 6.53. The number of carbonyl (C=O) groups excluding carboxylic acids is 1. The summed E-state index contributed by atoms with van der Waals surface area (Å²) in [5, 5.41) is 12.6. The van der Waals surface area contributed by atoms with Crippen LogP contribution in [-0.2, 0) is 16.4 Å². The Morgan fingerprint density at radius 1 is 1.31 bits per heavy atom. The van der Waals surface area contributed by atoms with E-state index in [1.54, 1.807) is 0 Å². The molecule has 2 N–H and O–H groups in total. The SMILES string of the molecule is CNC(=O)c1c(-c2ccc(F)cc2)oc2cc(N(CCO)S(C)(=O)=O)c3c(c12)CC(C)O3. The number of ether oxygens (including phenoxy) is 1. The average Bonchev–Trinajstić information content (AvgIpc) is 3.31. The molecule has 1 aliphatic rings. The lowest BCUT2D eigenvalue weighted by Crippen LogP contribution is -2.33. The fourth-order valence-electron chi connectivity index (χ4n) is 4.05. The van der Waals surface area contributed by atoms with E-state index in [0.717, 1.165) is 10.6 Å². The number of hydrogen-bond acceptors (Lipinski definition) is 6. The largest absolute Gasteiger partial charge is 0.488 e. The van der Waals surface area contributed by atoms with Crippen molar-refractivity contribution in [2.45, 2.75) is 19.4 Å². The van der Waals surface area contributed by atoms with Crippen molar-refractivity contribution in [3.8, 4) is 17.1 Å². The molecule has 0 aliphatic carbocycles. The minimum absolute atomic E-state index is 0.164. The van der Waals surface area contributed by atoms with Gasteiger partial charge in [0.25, 0.3) is 5.91 Å². The number of halogens is 1. The summed E-state index contributed by atoms with van der Waals surface area (Å²) >= 11 is 0. The molecule has 3 aromatic rings. The Hall–Kier alpha value is -3.11. The first-order valence-electron chi connectivity index (χ1n) is 10.0. The molecule has 32 heavy (non-hydrogen) atoms. The van der Waals surface area contributed by atoms with E-state index in [4.69, 9.17) is 9.15 Å². The molecule has 8 nitrogen and oxygen atoms in total. The van der Waals surface area contributed by atoms with Crippen LogP contribution in [0.1, 0.15) is 22.8 Å². The van der Waals surface area contributed by atoms with E-state index in [9.17, 15) is 22.7 Å². The summed E-state index contributed by atoms with van der Waals surface area (Å²) in [5.74, 6) is -0.246. The monoisotopic (exact) mass is 462 g/mol. The van der Waals surface area contributed by atoms with Gasteiger partial charge in [-0.1, -0.05) is 0 Å². The predicted octanol–water partition coefficient (Wildman–Crippen LogP) is 2.68. The fourth-order valence-corrected chi connectivity index (χ4v) is 4.96. The van der Waals surface area contributed by atoms with Gasteiger partial charge in [0, 0.05) is 36.0 Å². The minimum Gasteiger partial charge on any atom is -0.488 e. The number of nitrogens with one attached hydrogen (secondary N) is 1. The van der Waals surface area contributed by atoms with Gasteiger partial charge in [-0.25, -0.2) is 12.8 Å². The van der Waals surface area contributed by atoms with Crippen LogP contribution in [0.15, 0.2) is 34.7 Å². The van der Waals surface area contributed by atoms with Crippen LogP contribution in [0.4, 0.5) is 10.1 Å². The van der Waals surface area contributed by atoms with Crippen LogP contribution < -0.4 is 14.4 Å². The molecule has 0 bridgehead atoms. The summed E-state index contributed by atoms with van der Waals surface area (Å²) in [6, 6.07) is 7.05. The van der Waals surface area contributed by atoms with Gasteiger partial charge in [0.1, 0.15) is 29.0 Å². The van der Waals surface area contributed by atoms with Gasteiger partial charge in [-0.2, -0.15) is 0 Å². The van der Waals surface area contributed by atoms with Crippen molar-refractivity contribution in [3.05, 3.63) is 47.3 Å². The van der Waals surface area contributed by atoms with Gasteiger partial charge in [-0.05, 0) is 31.2 Å². The van der Waals surface area contributed by atoms with Gasteiger partial charge >= 0.3 is 0 Å². The highest BCUT2D eigenvalue weighted by molar-refractivity contribution is 7.92. The molecule has 10 heteroatoms. The second-order valence-electron chi connectivity index (χ2n) is 7.66. The van der Waals surface area contributed by atoms with E-state index < -0.39 is 28.4 Å². The molecule has 1 aliphatic heterocycles. The van der Waals surface area contributed by atoms with Gasteiger partial charge in [-0.15, -0.1) is 0 Å². The maximum Gasteiger partial charge on any atom is 0.255 e. The first-order valence-corrected chi connectivity index (χ1v) is 11.9. The van der Waals surface area contributed by atoms with Gasteiger partial charge in [0.15, 0.2) is 0 Å². The lowest BCUT2D eigenvalue weighted by molar-refractivity contribution is 0.0964. The van der Waals surface area contributed by atoms with Crippen molar-refractivity contribution in [2.75, 3.05) is 30.8 Å². The van der Waals surface area contributed by atoms with Gasteiger partial charge in [-0.3, -0.25) is 9.10 Å². The van der Waals surface area contributed by atoms with E-state index in [1.807, 2.05) is 6.92 Å². The smallest absolute Gasteiger partial charge is 0.255 e. The van der Waals surface area contributed by atoms with Gasteiger partial charge < -0.3 is 19.6 Å². The number of sulfonamides is 1. The van der Waals surface area contributed by atoms with Crippen molar-refractivity contribution >= 4 is 32.6 Å². The summed E-state index contributed by atoms with van der Waals surface area (Å²) in [4.78, 5) is 12.9. The molecule has 0 saturated carbocycles. The van der Waals surface area contributed by atoms with Crippen molar-refractivity contribution in [1.82, 2.24) is 5.32 Å². The quantitative estimate of drug-likeness (QED) is 0.583.